The fourth-order valence-corrected chi connectivity index (χ4v) is 3.18. The van der Waals surface area contributed by atoms with Gasteiger partial charge in [0.2, 0.25) is 0 Å². The molecule has 1 heterocycles. The minimum Gasteiger partial charge on any atom is -0.325 e. The molecule has 1 aromatic rings. The second kappa shape index (κ2) is 5.67. The lowest BCUT2D eigenvalue weighted by Gasteiger charge is -2.16. The molecule has 4 nitrogen and oxygen atoms in total. The van der Waals surface area contributed by atoms with Crippen molar-refractivity contribution in [2.45, 2.75) is 25.1 Å². The molecule has 1 amide bonds. The normalized spacial score (nSPS) is 11.5. The number of nitrogen functional groups attached to an aromatic ring is 1. The van der Waals surface area contributed by atoms with Crippen molar-refractivity contribution in [3.8, 4) is 0 Å². The first-order chi connectivity index (χ1) is 7.42. The first kappa shape index (κ1) is 13.5. The summed E-state index contributed by atoms with van der Waals surface area (Å²) < 4.78 is 0. The number of carbonyl (C=O) groups is 1. The third kappa shape index (κ3) is 4.52. The van der Waals surface area contributed by atoms with Crippen LogP contribution in [0, 0.1) is 0 Å². The lowest BCUT2D eigenvalue weighted by atomic mass is 10.1. The van der Waals surface area contributed by atoms with Crippen molar-refractivity contribution in [2.24, 2.45) is 11.6 Å². The van der Waals surface area contributed by atoms with E-state index in [9.17, 15) is 4.79 Å². The molecule has 0 saturated heterocycles. The molecule has 0 radical (unpaired) electrons. The molecule has 5 N–H and O–H groups in total. The topological polar surface area (TPSA) is 81.1 Å². The van der Waals surface area contributed by atoms with E-state index in [1.54, 1.807) is 17.8 Å². The van der Waals surface area contributed by atoms with Gasteiger partial charge in [0.05, 0.1) is 4.88 Å². The van der Waals surface area contributed by atoms with E-state index in [0.717, 1.165) is 16.4 Å². The van der Waals surface area contributed by atoms with Gasteiger partial charge in [0, 0.05) is 21.9 Å². The van der Waals surface area contributed by atoms with Crippen LogP contribution in [-0.4, -0.2) is 17.2 Å². The van der Waals surface area contributed by atoms with Crippen LogP contribution in [0.2, 0.25) is 0 Å². The van der Waals surface area contributed by atoms with Crippen molar-refractivity contribution in [1.82, 2.24) is 5.43 Å². The summed E-state index contributed by atoms with van der Waals surface area (Å²) in [5, 5.41) is 0. The fourth-order valence-electron chi connectivity index (χ4n) is 1.06. The lowest BCUT2D eigenvalue weighted by Crippen LogP contribution is -2.34. The largest absolute Gasteiger partial charge is 0.325 e. The van der Waals surface area contributed by atoms with E-state index in [4.69, 9.17) is 11.6 Å². The minimum absolute atomic E-state index is 0.153. The Morgan fingerprint density at radius 2 is 2.25 bits per heavy atom. The SMILES string of the molecule is CC(C)(N)CSCc1ccc(C(=O)NN)s1. The van der Waals surface area contributed by atoms with Gasteiger partial charge in [-0.25, -0.2) is 5.84 Å². The number of nitrogens with two attached hydrogens (primary N) is 2. The highest BCUT2D eigenvalue weighted by Crippen LogP contribution is 2.23. The first-order valence-electron chi connectivity index (χ1n) is 4.88. The Bertz CT molecular complexity index is 357. The number of rotatable bonds is 5. The Morgan fingerprint density at radius 1 is 1.56 bits per heavy atom. The molecular weight excluding hydrogens is 242 g/mol. The van der Waals surface area contributed by atoms with Gasteiger partial charge >= 0.3 is 0 Å². The van der Waals surface area contributed by atoms with E-state index in [0.29, 0.717) is 4.88 Å². The number of hydrogen-bond donors (Lipinski definition) is 3. The summed E-state index contributed by atoms with van der Waals surface area (Å²) in [7, 11) is 0. The summed E-state index contributed by atoms with van der Waals surface area (Å²) in [6.07, 6.45) is 0. The number of nitrogens with one attached hydrogen (secondary N) is 1. The summed E-state index contributed by atoms with van der Waals surface area (Å²) in [6.45, 7) is 4.00. The van der Waals surface area contributed by atoms with E-state index in [2.05, 4.69) is 5.43 Å². The molecule has 1 aromatic heterocycles. The zero-order valence-corrected chi connectivity index (χ0v) is 11.1. The van der Waals surface area contributed by atoms with Gasteiger partial charge in [0.25, 0.3) is 5.91 Å². The van der Waals surface area contributed by atoms with Gasteiger partial charge in [-0.1, -0.05) is 0 Å². The van der Waals surface area contributed by atoms with Crippen LogP contribution < -0.4 is 17.0 Å². The Labute approximate surface area is 104 Å². The van der Waals surface area contributed by atoms with E-state index in [1.807, 2.05) is 19.9 Å². The summed E-state index contributed by atoms with van der Waals surface area (Å²) in [5.41, 5.74) is 7.84. The molecule has 0 aliphatic carbocycles. The van der Waals surface area contributed by atoms with Crippen LogP contribution >= 0.6 is 23.1 Å². The van der Waals surface area contributed by atoms with Crippen LogP contribution in [0.1, 0.15) is 28.4 Å². The molecule has 0 bridgehead atoms. The highest BCUT2D eigenvalue weighted by Gasteiger charge is 2.11. The number of amides is 1. The summed E-state index contributed by atoms with van der Waals surface area (Å²) in [5.74, 6) is 6.59. The molecule has 90 valence electrons. The van der Waals surface area contributed by atoms with Crippen molar-refractivity contribution in [3.63, 3.8) is 0 Å². The van der Waals surface area contributed by atoms with Gasteiger partial charge in [-0.2, -0.15) is 11.8 Å². The van der Waals surface area contributed by atoms with Gasteiger partial charge in [-0.15, -0.1) is 11.3 Å². The number of thiophene rings is 1. The van der Waals surface area contributed by atoms with Crippen molar-refractivity contribution in [3.05, 3.63) is 21.9 Å². The van der Waals surface area contributed by atoms with Crippen LogP contribution in [0.3, 0.4) is 0 Å². The van der Waals surface area contributed by atoms with E-state index < -0.39 is 0 Å². The molecule has 0 saturated carbocycles. The van der Waals surface area contributed by atoms with Crippen LogP contribution in [0.15, 0.2) is 12.1 Å². The summed E-state index contributed by atoms with van der Waals surface area (Å²) in [4.78, 5) is 13.0. The van der Waals surface area contributed by atoms with Gasteiger partial charge < -0.3 is 5.73 Å². The molecule has 16 heavy (non-hydrogen) atoms. The maximum absolute atomic E-state index is 11.2. The molecule has 0 aromatic carbocycles. The van der Waals surface area contributed by atoms with Crippen molar-refractivity contribution >= 4 is 29.0 Å². The molecule has 6 heteroatoms. The third-order valence-corrected chi connectivity index (χ3v) is 4.46. The standard InChI is InChI=1S/C10H17N3OS2/c1-10(2,11)6-15-5-7-3-4-8(16-7)9(14)13-12/h3-4H,5-6,11-12H2,1-2H3,(H,13,14). The first-order valence-corrected chi connectivity index (χ1v) is 6.86. The van der Waals surface area contributed by atoms with E-state index >= 15 is 0 Å². The Morgan fingerprint density at radius 3 is 2.81 bits per heavy atom. The zero-order chi connectivity index (χ0) is 12.2. The molecule has 0 aliphatic heterocycles. The number of carbonyl (C=O) groups excluding carboxylic acids is 1. The quantitative estimate of drug-likeness (QED) is 0.423. The van der Waals surface area contributed by atoms with Crippen LogP contribution in [0.5, 0.6) is 0 Å². The monoisotopic (exact) mass is 259 g/mol. The highest BCUT2D eigenvalue weighted by molar-refractivity contribution is 7.98. The zero-order valence-electron chi connectivity index (χ0n) is 9.45. The van der Waals surface area contributed by atoms with E-state index in [1.165, 1.54) is 11.3 Å². The van der Waals surface area contributed by atoms with Gasteiger partial charge in [-0.3, -0.25) is 10.2 Å². The molecule has 0 aliphatic rings. The van der Waals surface area contributed by atoms with Crippen molar-refractivity contribution in [2.75, 3.05) is 5.75 Å². The van der Waals surface area contributed by atoms with E-state index in [-0.39, 0.29) is 11.4 Å². The molecule has 0 atom stereocenters. The fraction of sp³-hybridized carbons (Fsp3) is 0.500. The Balaban J connectivity index is 2.44. The Hall–Kier alpha value is -0.560. The van der Waals surface area contributed by atoms with Crippen LogP contribution in [0.4, 0.5) is 0 Å². The molecule has 0 spiro atoms. The second-order valence-corrected chi connectivity index (χ2v) is 6.37. The number of thioether (sulfide) groups is 1. The average Bonchev–Trinajstić information content (AvgIpc) is 2.63. The maximum atomic E-state index is 11.2. The number of hydrogen-bond acceptors (Lipinski definition) is 5. The maximum Gasteiger partial charge on any atom is 0.275 e. The second-order valence-electron chi connectivity index (χ2n) is 4.22. The van der Waals surface area contributed by atoms with Crippen LogP contribution in [-0.2, 0) is 5.75 Å². The smallest absolute Gasteiger partial charge is 0.275 e. The van der Waals surface area contributed by atoms with Crippen LogP contribution in [0.25, 0.3) is 0 Å². The van der Waals surface area contributed by atoms with Gasteiger partial charge in [-0.05, 0) is 26.0 Å². The number of hydrazine groups is 1. The van der Waals surface area contributed by atoms with Crippen molar-refractivity contribution in [1.29, 1.82) is 0 Å². The summed E-state index contributed by atoms with van der Waals surface area (Å²) in [6, 6.07) is 3.74. The predicted octanol–water partition coefficient (Wildman–Crippen LogP) is 1.32. The molecule has 0 fully saturated rings. The molecule has 0 unspecified atom stereocenters. The molecular formula is C10H17N3OS2. The van der Waals surface area contributed by atoms with Gasteiger partial charge in [0.15, 0.2) is 0 Å². The minimum atomic E-state index is -0.236. The van der Waals surface area contributed by atoms with Crippen molar-refractivity contribution < 1.29 is 4.79 Å². The average molecular weight is 259 g/mol. The Kier molecular flexibility index (Phi) is 4.79. The van der Waals surface area contributed by atoms with Gasteiger partial charge in [0.1, 0.15) is 0 Å². The third-order valence-electron chi connectivity index (χ3n) is 1.73. The summed E-state index contributed by atoms with van der Waals surface area (Å²) >= 11 is 3.23. The predicted molar refractivity (Wildman–Crippen MR) is 70.4 cm³/mol. The highest BCUT2D eigenvalue weighted by atomic mass is 32.2. The molecule has 1 rings (SSSR count). The lowest BCUT2D eigenvalue weighted by molar-refractivity contribution is 0.0957.